The van der Waals surface area contributed by atoms with Crippen LogP contribution in [0.4, 0.5) is 17.6 Å². The summed E-state index contributed by atoms with van der Waals surface area (Å²) in [5, 5.41) is -0.192. The average molecular weight is 392 g/mol. The minimum atomic E-state index is -4.64. The molecule has 2 aromatic carbocycles. The summed E-state index contributed by atoms with van der Waals surface area (Å²) >= 11 is 5.81. The van der Waals surface area contributed by atoms with Gasteiger partial charge in [-0.05, 0) is 49.4 Å². The van der Waals surface area contributed by atoms with E-state index in [1.54, 1.807) is 0 Å². The Morgan fingerprint density at radius 2 is 1.72 bits per heavy atom. The second kappa shape index (κ2) is 5.74. The predicted molar refractivity (Wildman–Crippen MR) is 85.7 cm³/mol. The molecule has 0 atom stereocenters. The molecule has 0 fully saturated rings. The molecule has 9 heteroatoms. The fourth-order valence-electron chi connectivity index (χ4n) is 2.60. The number of aromatic nitrogens is 1. The van der Waals surface area contributed by atoms with Gasteiger partial charge in [0.2, 0.25) is 0 Å². The Morgan fingerprint density at radius 3 is 2.32 bits per heavy atom. The van der Waals surface area contributed by atoms with Gasteiger partial charge in [-0.2, -0.15) is 13.2 Å². The second-order valence-electron chi connectivity index (χ2n) is 5.40. The number of aryl methyl sites for hydroxylation is 1. The lowest BCUT2D eigenvalue weighted by Gasteiger charge is -2.13. The molecule has 0 bridgehead atoms. The van der Waals surface area contributed by atoms with E-state index >= 15 is 0 Å². The average Bonchev–Trinajstić information content (AvgIpc) is 2.81. The van der Waals surface area contributed by atoms with Crippen molar-refractivity contribution in [3.05, 3.63) is 64.6 Å². The third-order valence-corrected chi connectivity index (χ3v) is 5.97. The molecule has 0 saturated carbocycles. The molecule has 0 saturated heterocycles. The van der Waals surface area contributed by atoms with Crippen molar-refractivity contribution >= 4 is 32.5 Å². The van der Waals surface area contributed by atoms with Crippen LogP contribution in [0.2, 0.25) is 5.02 Å². The monoisotopic (exact) mass is 391 g/mol. The van der Waals surface area contributed by atoms with Crippen LogP contribution in [-0.4, -0.2) is 12.4 Å². The highest BCUT2D eigenvalue weighted by Gasteiger charge is 2.32. The molecular formula is C16H10ClF4NO2S. The molecule has 0 N–H and O–H groups in total. The number of hydrogen-bond acceptors (Lipinski definition) is 2. The fraction of sp³-hybridized carbons (Fsp3) is 0.125. The van der Waals surface area contributed by atoms with Gasteiger partial charge < -0.3 is 0 Å². The standard InChI is InChI=1S/C16H10ClF4NO2S/c1-9-6-10-7-12(18)3-4-14(10)22(9)25(23,24)15-5-2-11(8-13(15)17)16(19,20)21/h2-8H,1H3. The van der Waals surface area contributed by atoms with Crippen molar-refractivity contribution in [2.75, 3.05) is 0 Å². The van der Waals surface area contributed by atoms with Gasteiger partial charge in [0.25, 0.3) is 10.0 Å². The number of nitrogens with zero attached hydrogens (tertiary/aromatic N) is 1. The first-order valence-electron chi connectivity index (χ1n) is 6.92. The van der Waals surface area contributed by atoms with E-state index in [4.69, 9.17) is 11.6 Å². The van der Waals surface area contributed by atoms with E-state index in [0.29, 0.717) is 17.5 Å². The van der Waals surface area contributed by atoms with E-state index in [-0.39, 0.29) is 11.2 Å². The van der Waals surface area contributed by atoms with Crippen LogP contribution in [0.15, 0.2) is 47.4 Å². The molecule has 1 aromatic heterocycles. The van der Waals surface area contributed by atoms with Crippen LogP contribution < -0.4 is 0 Å². The van der Waals surface area contributed by atoms with Crippen LogP contribution in [0.1, 0.15) is 11.3 Å². The minimum absolute atomic E-state index is 0.204. The van der Waals surface area contributed by atoms with Crippen LogP contribution in [0.3, 0.4) is 0 Å². The number of rotatable bonds is 2. The largest absolute Gasteiger partial charge is 0.416 e. The quantitative estimate of drug-likeness (QED) is 0.577. The SMILES string of the molecule is Cc1cc2cc(F)ccc2n1S(=O)(=O)c1ccc(C(F)(F)F)cc1Cl. The van der Waals surface area contributed by atoms with Crippen molar-refractivity contribution in [1.29, 1.82) is 0 Å². The first-order chi connectivity index (χ1) is 11.5. The molecule has 0 radical (unpaired) electrons. The van der Waals surface area contributed by atoms with Crippen molar-refractivity contribution in [1.82, 2.24) is 3.97 Å². The predicted octanol–water partition coefficient (Wildman–Crippen LogP) is 5.00. The molecule has 3 rings (SSSR count). The van der Waals surface area contributed by atoms with Gasteiger partial charge in [-0.25, -0.2) is 16.8 Å². The van der Waals surface area contributed by atoms with Crippen LogP contribution >= 0.6 is 11.6 Å². The Balaban J connectivity index is 2.23. The number of halogens is 5. The molecule has 0 aliphatic rings. The summed E-state index contributed by atoms with van der Waals surface area (Å²) in [5.41, 5.74) is -0.570. The van der Waals surface area contributed by atoms with E-state index in [9.17, 15) is 26.0 Å². The summed E-state index contributed by atoms with van der Waals surface area (Å²) in [6.45, 7) is 1.49. The number of benzene rings is 2. The Kier molecular flexibility index (Phi) is 4.08. The lowest BCUT2D eigenvalue weighted by atomic mass is 10.2. The van der Waals surface area contributed by atoms with Crippen LogP contribution in [-0.2, 0) is 16.2 Å². The summed E-state index contributed by atoms with van der Waals surface area (Å²) in [7, 11) is -4.26. The Morgan fingerprint density at radius 1 is 1.04 bits per heavy atom. The zero-order chi connectivity index (χ0) is 18.6. The lowest BCUT2D eigenvalue weighted by molar-refractivity contribution is -0.137. The summed E-state index contributed by atoms with van der Waals surface area (Å²) in [6, 6.07) is 7.05. The first-order valence-corrected chi connectivity index (χ1v) is 8.73. The summed E-state index contributed by atoms with van der Waals surface area (Å²) in [4.78, 5) is -0.466. The van der Waals surface area contributed by atoms with Crippen LogP contribution in [0.25, 0.3) is 10.9 Å². The van der Waals surface area contributed by atoms with Crippen molar-refractivity contribution in [3.8, 4) is 0 Å². The molecule has 0 unspecified atom stereocenters. The second-order valence-corrected chi connectivity index (χ2v) is 7.56. The molecule has 132 valence electrons. The number of alkyl halides is 3. The van der Waals surface area contributed by atoms with Crippen LogP contribution in [0.5, 0.6) is 0 Å². The van der Waals surface area contributed by atoms with Crippen molar-refractivity contribution in [3.63, 3.8) is 0 Å². The maximum absolute atomic E-state index is 13.3. The first kappa shape index (κ1) is 17.8. The summed E-state index contributed by atoms with van der Waals surface area (Å²) in [5.74, 6) is -0.533. The van der Waals surface area contributed by atoms with E-state index in [0.717, 1.165) is 16.1 Å². The highest BCUT2D eigenvalue weighted by atomic mass is 35.5. The fourth-order valence-corrected chi connectivity index (χ4v) is 4.68. The third-order valence-electron chi connectivity index (χ3n) is 3.67. The van der Waals surface area contributed by atoms with Gasteiger partial charge >= 0.3 is 6.18 Å². The Bertz CT molecular complexity index is 1090. The molecule has 0 aliphatic carbocycles. The molecular weight excluding hydrogens is 382 g/mol. The normalized spacial score (nSPS) is 12.7. The van der Waals surface area contributed by atoms with E-state index in [1.807, 2.05) is 0 Å². The third kappa shape index (κ3) is 3.00. The minimum Gasteiger partial charge on any atom is -0.238 e. The molecule has 1 heterocycles. The molecule has 25 heavy (non-hydrogen) atoms. The van der Waals surface area contributed by atoms with Gasteiger partial charge in [-0.1, -0.05) is 11.6 Å². The maximum Gasteiger partial charge on any atom is 0.416 e. The summed E-state index contributed by atoms with van der Waals surface area (Å²) in [6.07, 6.45) is -4.64. The highest BCUT2D eigenvalue weighted by Crippen LogP contribution is 2.35. The van der Waals surface area contributed by atoms with Gasteiger partial charge in [0.05, 0.1) is 16.1 Å². The Labute approximate surface area is 145 Å². The summed E-state index contributed by atoms with van der Waals surface area (Å²) < 4.78 is 78.3. The lowest BCUT2D eigenvalue weighted by Crippen LogP contribution is -2.15. The van der Waals surface area contributed by atoms with Gasteiger partial charge in [0.15, 0.2) is 0 Å². The zero-order valence-electron chi connectivity index (χ0n) is 12.6. The van der Waals surface area contributed by atoms with Gasteiger partial charge in [0.1, 0.15) is 10.7 Å². The van der Waals surface area contributed by atoms with Crippen molar-refractivity contribution < 1.29 is 26.0 Å². The highest BCUT2D eigenvalue weighted by molar-refractivity contribution is 7.90. The van der Waals surface area contributed by atoms with Gasteiger partial charge in [-0.15, -0.1) is 0 Å². The van der Waals surface area contributed by atoms with E-state index in [2.05, 4.69) is 0 Å². The number of fused-ring (bicyclic) bond motifs is 1. The smallest absolute Gasteiger partial charge is 0.238 e. The maximum atomic E-state index is 13.3. The molecule has 3 aromatic rings. The van der Waals surface area contributed by atoms with E-state index < -0.39 is 37.5 Å². The van der Waals surface area contributed by atoms with Crippen LogP contribution in [0, 0.1) is 12.7 Å². The topological polar surface area (TPSA) is 39.1 Å². The van der Waals surface area contributed by atoms with Crippen molar-refractivity contribution in [2.24, 2.45) is 0 Å². The Hall–Kier alpha value is -2.06. The zero-order valence-corrected chi connectivity index (χ0v) is 14.2. The van der Waals surface area contributed by atoms with E-state index in [1.165, 1.54) is 25.1 Å². The van der Waals surface area contributed by atoms with Crippen molar-refractivity contribution in [2.45, 2.75) is 18.0 Å². The molecule has 0 aliphatic heterocycles. The molecule has 0 spiro atoms. The van der Waals surface area contributed by atoms with Gasteiger partial charge in [0, 0.05) is 11.1 Å². The molecule has 3 nitrogen and oxygen atoms in total. The number of hydrogen-bond donors (Lipinski definition) is 0. The van der Waals surface area contributed by atoms with Gasteiger partial charge in [-0.3, -0.25) is 0 Å². The molecule has 0 amide bonds.